The van der Waals surface area contributed by atoms with Crippen LogP contribution in [0.25, 0.3) is 0 Å². The van der Waals surface area contributed by atoms with Crippen molar-refractivity contribution in [1.82, 2.24) is 0 Å². The molecule has 0 aliphatic heterocycles. The van der Waals surface area contributed by atoms with E-state index in [1.165, 1.54) is 21.3 Å². The van der Waals surface area contributed by atoms with Crippen molar-refractivity contribution in [3.05, 3.63) is 17.2 Å². The Bertz CT molecular complexity index is 510. The summed E-state index contributed by atoms with van der Waals surface area (Å²) in [6, 6.07) is 1.58. The minimum absolute atomic E-state index is 0.102. The normalized spacial score (nSPS) is 20.8. The van der Waals surface area contributed by atoms with Crippen LogP contribution in [0.15, 0.2) is 6.07 Å². The summed E-state index contributed by atoms with van der Waals surface area (Å²) in [6.07, 6.45) is -0.806. The van der Waals surface area contributed by atoms with Crippen molar-refractivity contribution in [1.29, 1.82) is 0 Å². The van der Waals surface area contributed by atoms with E-state index in [1.54, 1.807) is 6.07 Å². The minimum Gasteiger partial charge on any atom is -0.496 e. The summed E-state index contributed by atoms with van der Waals surface area (Å²) in [5, 5.41) is 19.3. The lowest BCUT2D eigenvalue weighted by Crippen LogP contribution is -2.09. The molecule has 1 aliphatic carbocycles. The molecule has 2 rings (SSSR count). The molecule has 6 heteroatoms. The Morgan fingerprint density at radius 1 is 1.16 bits per heavy atom. The number of carboxylic acid groups (broad SMARTS) is 1. The third kappa shape index (κ3) is 1.98. The predicted molar refractivity (Wildman–Crippen MR) is 66.1 cm³/mol. The van der Waals surface area contributed by atoms with E-state index in [0.29, 0.717) is 28.4 Å². The largest absolute Gasteiger partial charge is 0.496 e. The first-order valence-electron chi connectivity index (χ1n) is 5.78. The number of ether oxygens (including phenoxy) is 3. The van der Waals surface area contributed by atoms with Gasteiger partial charge in [-0.2, -0.15) is 0 Å². The maximum atomic E-state index is 11.3. The predicted octanol–water partition coefficient (Wildman–Crippen LogP) is 1.32. The van der Waals surface area contributed by atoms with Crippen LogP contribution in [0.3, 0.4) is 0 Å². The highest BCUT2D eigenvalue weighted by molar-refractivity contribution is 5.81. The number of benzene rings is 1. The lowest BCUT2D eigenvalue weighted by atomic mass is 9.99. The van der Waals surface area contributed by atoms with Crippen LogP contribution in [-0.2, 0) is 4.79 Å². The van der Waals surface area contributed by atoms with Gasteiger partial charge in [-0.25, -0.2) is 0 Å². The summed E-state index contributed by atoms with van der Waals surface area (Å²) in [5.74, 6) is -0.655. The second-order valence-electron chi connectivity index (χ2n) is 4.28. The number of fused-ring (bicyclic) bond motifs is 1. The number of aliphatic carboxylic acids is 1. The van der Waals surface area contributed by atoms with Crippen LogP contribution in [0.5, 0.6) is 17.2 Å². The average Bonchev–Trinajstić information content (AvgIpc) is 2.75. The zero-order valence-corrected chi connectivity index (χ0v) is 11.0. The Balaban J connectivity index is 2.73. The van der Waals surface area contributed by atoms with E-state index >= 15 is 0 Å². The van der Waals surface area contributed by atoms with E-state index in [1.807, 2.05) is 0 Å². The number of carboxylic acids is 1. The van der Waals surface area contributed by atoms with E-state index in [4.69, 9.17) is 14.2 Å². The summed E-state index contributed by atoms with van der Waals surface area (Å²) < 4.78 is 15.6. The van der Waals surface area contributed by atoms with E-state index in [0.717, 1.165) is 0 Å². The molecule has 19 heavy (non-hydrogen) atoms. The van der Waals surface area contributed by atoms with E-state index in [-0.39, 0.29) is 6.42 Å². The van der Waals surface area contributed by atoms with Crippen LogP contribution < -0.4 is 14.2 Å². The third-order valence-corrected chi connectivity index (χ3v) is 3.37. The maximum absolute atomic E-state index is 11.3. The highest BCUT2D eigenvalue weighted by Crippen LogP contribution is 2.52. The SMILES string of the molecule is COc1cc(OC)c2c(c1OC)C(O)CC2C(=O)O. The average molecular weight is 268 g/mol. The van der Waals surface area contributed by atoms with Gasteiger partial charge in [-0.05, 0) is 6.42 Å². The quantitative estimate of drug-likeness (QED) is 0.856. The molecular formula is C13H16O6. The van der Waals surface area contributed by atoms with Gasteiger partial charge in [0.25, 0.3) is 0 Å². The van der Waals surface area contributed by atoms with Crippen molar-refractivity contribution in [3.8, 4) is 17.2 Å². The number of aliphatic hydroxyl groups excluding tert-OH is 1. The van der Waals surface area contributed by atoms with E-state index in [9.17, 15) is 15.0 Å². The van der Waals surface area contributed by atoms with Gasteiger partial charge in [0.15, 0.2) is 11.5 Å². The minimum atomic E-state index is -0.997. The van der Waals surface area contributed by atoms with Crippen LogP contribution in [0.2, 0.25) is 0 Å². The first kappa shape index (κ1) is 13.5. The summed E-state index contributed by atoms with van der Waals surface area (Å²) in [6.45, 7) is 0. The van der Waals surface area contributed by atoms with Crippen molar-refractivity contribution < 1.29 is 29.2 Å². The summed E-state index contributed by atoms with van der Waals surface area (Å²) in [4.78, 5) is 11.3. The van der Waals surface area contributed by atoms with Crippen molar-refractivity contribution >= 4 is 5.97 Å². The zero-order valence-electron chi connectivity index (χ0n) is 11.0. The fourth-order valence-corrected chi connectivity index (χ4v) is 2.55. The fourth-order valence-electron chi connectivity index (χ4n) is 2.55. The van der Waals surface area contributed by atoms with Crippen molar-refractivity contribution in [2.45, 2.75) is 18.4 Å². The highest BCUT2D eigenvalue weighted by Gasteiger charge is 2.40. The second-order valence-corrected chi connectivity index (χ2v) is 4.28. The van der Waals surface area contributed by atoms with E-state index < -0.39 is 18.0 Å². The molecule has 2 N–H and O–H groups in total. The molecule has 0 saturated heterocycles. The number of hydrogen-bond acceptors (Lipinski definition) is 5. The lowest BCUT2D eigenvalue weighted by molar-refractivity contribution is -0.139. The Kier molecular flexibility index (Phi) is 3.53. The van der Waals surface area contributed by atoms with Crippen molar-refractivity contribution in [2.24, 2.45) is 0 Å². The molecule has 0 bridgehead atoms. The van der Waals surface area contributed by atoms with Gasteiger partial charge in [0.05, 0.1) is 33.4 Å². The Morgan fingerprint density at radius 2 is 1.79 bits per heavy atom. The fraction of sp³-hybridized carbons (Fsp3) is 0.462. The van der Waals surface area contributed by atoms with E-state index in [2.05, 4.69) is 0 Å². The molecule has 2 unspecified atom stereocenters. The molecule has 0 heterocycles. The molecule has 0 amide bonds. The summed E-state index contributed by atoms with van der Waals surface area (Å²) in [5.41, 5.74) is 0.895. The molecule has 0 saturated carbocycles. The molecule has 104 valence electrons. The highest BCUT2D eigenvalue weighted by atomic mass is 16.5. The zero-order chi connectivity index (χ0) is 14.2. The van der Waals surface area contributed by atoms with Gasteiger partial charge in [-0.1, -0.05) is 0 Å². The number of hydrogen-bond donors (Lipinski definition) is 2. The molecule has 0 spiro atoms. The summed E-state index contributed by atoms with van der Waals surface area (Å²) in [7, 11) is 4.37. The Hall–Kier alpha value is -1.95. The van der Waals surface area contributed by atoms with Crippen LogP contribution in [0.1, 0.15) is 29.6 Å². The molecule has 1 aromatic carbocycles. The topological polar surface area (TPSA) is 85.2 Å². The molecule has 0 fully saturated rings. The monoisotopic (exact) mass is 268 g/mol. The van der Waals surface area contributed by atoms with Crippen LogP contribution in [0.4, 0.5) is 0 Å². The number of carbonyl (C=O) groups is 1. The van der Waals surface area contributed by atoms with Gasteiger partial charge in [-0.15, -0.1) is 0 Å². The standard InChI is InChI=1S/C13H16O6/c1-17-8-5-9(18-2)12(19-3)11-7(14)4-6(10(8)11)13(15)16/h5-7,14H,4H2,1-3H3,(H,15,16). The van der Waals surface area contributed by atoms with Gasteiger partial charge >= 0.3 is 5.97 Å². The lowest BCUT2D eigenvalue weighted by Gasteiger charge is -2.17. The molecular weight excluding hydrogens is 252 g/mol. The third-order valence-electron chi connectivity index (χ3n) is 3.37. The number of methoxy groups -OCH3 is 3. The molecule has 2 atom stereocenters. The smallest absolute Gasteiger partial charge is 0.311 e. The van der Waals surface area contributed by atoms with Crippen LogP contribution in [-0.4, -0.2) is 37.5 Å². The Labute approximate surface area is 110 Å². The van der Waals surface area contributed by atoms with Crippen molar-refractivity contribution in [3.63, 3.8) is 0 Å². The van der Waals surface area contributed by atoms with Gasteiger partial charge < -0.3 is 24.4 Å². The van der Waals surface area contributed by atoms with Gasteiger partial charge in [0.1, 0.15) is 5.75 Å². The molecule has 0 radical (unpaired) electrons. The first-order valence-corrected chi connectivity index (χ1v) is 5.78. The number of rotatable bonds is 4. The van der Waals surface area contributed by atoms with Gasteiger partial charge in [0, 0.05) is 17.2 Å². The maximum Gasteiger partial charge on any atom is 0.311 e. The molecule has 0 aromatic heterocycles. The van der Waals surface area contributed by atoms with Gasteiger partial charge in [0.2, 0.25) is 0 Å². The van der Waals surface area contributed by atoms with Crippen LogP contribution >= 0.6 is 0 Å². The Morgan fingerprint density at radius 3 is 2.26 bits per heavy atom. The number of aliphatic hydroxyl groups is 1. The van der Waals surface area contributed by atoms with Gasteiger partial charge in [-0.3, -0.25) is 4.79 Å². The second kappa shape index (κ2) is 4.97. The molecule has 6 nitrogen and oxygen atoms in total. The van der Waals surface area contributed by atoms with Crippen LogP contribution in [0, 0.1) is 0 Å². The molecule has 1 aliphatic rings. The van der Waals surface area contributed by atoms with Crippen molar-refractivity contribution in [2.75, 3.05) is 21.3 Å². The molecule has 1 aromatic rings. The summed E-state index contributed by atoms with van der Waals surface area (Å²) >= 11 is 0. The first-order chi connectivity index (χ1) is 9.04.